The lowest BCUT2D eigenvalue weighted by Crippen LogP contribution is -2.44. The number of rotatable bonds is 5. The van der Waals surface area contributed by atoms with E-state index in [0.717, 1.165) is 25.7 Å². The van der Waals surface area contributed by atoms with Crippen molar-refractivity contribution in [2.75, 3.05) is 0 Å². The number of carbonyl (C=O) groups excluding carboxylic acids is 2. The van der Waals surface area contributed by atoms with E-state index < -0.39 is 17.9 Å². The summed E-state index contributed by atoms with van der Waals surface area (Å²) in [7, 11) is 0. The second-order valence-corrected chi connectivity index (χ2v) is 5.31. The van der Waals surface area contributed by atoms with Crippen molar-refractivity contribution in [3.05, 3.63) is 0 Å². The van der Waals surface area contributed by atoms with Crippen LogP contribution in [0.2, 0.25) is 0 Å². The summed E-state index contributed by atoms with van der Waals surface area (Å²) in [5.74, 6) is -1.36. The fourth-order valence-electron chi connectivity index (χ4n) is 2.41. The molecule has 0 bridgehead atoms. The molecule has 114 valence electrons. The Morgan fingerprint density at radius 3 is 2.15 bits per heavy atom. The minimum Gasteiger partial charge on any atom is -0.481 e. The van der Waals surface area contributed by atoms with Gasteiger partial charge in [0.2, 0.25) is 5.91 Å². The van der Waals surface area contributed by atoms with Crippen molar-refractivity contribution in [3.8, 4) is 0 Å². The Bertz CT molecular complexity index is 336. The fourth-order valence-corrected chi connectivity index (χ4v) is 2.41. The molecular weight excluding hydrogens is 260 g/mol. The molecule has 1 aliphatic rings. The summed E-state index contributed by atoms with van der Waals surface area (Å²) in [5.41, 5.74) is 0. The predicted molar refractivity (Wildman–Crippen MR) is 74.3 cm³/mol. The number of hydrogen-bond donors (Lipinski definition) is 3. The molecule has 1 saturated carbocycles. The molecule has 0 spiro atoms. The summed E-state index contributed by atoms with van der Waals surface area (Å²) < 4.78 is 0. The average molecular weight is 284 g/mol. The van der Waals surface area contributed by atoms with Crippen LogP contribution in [0, 0.1) is 0 Å². The number of nitrogens with one attached hydrogen (secondary N) is 2. The quantitative estimate of drug-likeness (QED) is 0.721. The normalized spacial score (nSPS) is 16.8. The summed E-state index contributed by atoms with van der Waals surface area (Å²) in [6.07, 6.45) is 8.05. The molecule has 1 fully saturated rings. The number of carboxylic acid groups (broad SMARTS) is 1. The Morgan fingerprint density at radius 1 is 0.950 bits per heavy atom. The van der Waals surface area contributed by atoms with E-state index >= 15 is 0 Å². The van der Waals surface area contributed by atoms with Gasteiger partial charge in [-0.1, -0.05) is 32.1 Å². The molecule has 0 saturated heterocycles. The van der Waals surface area contributed by atoms with Crippen LogP contribution in [-0.2, 0) is 9.59 Å². The molecule has 0 aromatic rings. The third-order valence-electron chi connectivity index (χ3n) is 3.49. The van der Waals surface area contributed by atoms with Gasteiger partial charge in [-0.2, -0.15) is 0 Å². The van der Waals surface area contributed by atoms with E-state index in [1.165, 1.54) is 19.3 Å². The maximum atomic E-state index is 11.7. The highest BCUT2D eigenvalue weighted by Gasteiger charge is 2.15. The van der Waals surface area contributed by atoms with E-state index in [-0.39, 0.29) is 25.3 Å². The number of amides is 3. The number of imide groups is 1. The summed E-state index contributed by atoms with van der Waals surface area (Å²) in [5, 5.41) is 13.5. The number of aliphatic carboxylic acids is 1. The van der Waals surface area contributed by atoms with Crippen molar-refractivity contribution in [2.45, 2.75) is 70.3 Å². The van der Waals surface area contributed by atoms with Crippen molar-refractivity contribution in [1.29, 1.82) is 0 Å². The Kier molecular flexibility index (Phi) is 7.69. The maximum absolute atomic E-state index is 11.7. The second-order valence-electron chi connectivity index (χ2n) is 5.31. The van der Waals surface area contributed by atoms with E-state index in [1.54, 1.807) is 0 Å². The van der Waals surface area contributed by atoms with Gasteiger partial charge in [0, 0.05) is 18.9 Å². The number of hydrogen-bond acceptors (Lipinski definition) is 3. The van der Waals surface area contributed by atoms with Gasteiger partial charge in [0.25, 0.3) is 0 Å². The van der Waals surface area contributed by atoms with E-state index in [4.69, 9.17) is 5.11 Å². The first-order valence-corrected chi connectivity index (χ1v) is 7.40. The van der Waals surface area contributed by atoms with Gasteiger partial charge in [0.15, 0.2) is 0 Å². The largest absolute Gasteiger partial charge is 0.481 e. The zero-order valence-corrected chi connectivity index (χ0v) is 11.8. The first-order chi connectivity index (χ1) is 9.58. The molecule has 0 aromatic heterocycles. The molecule has 3 amide bonds. The van der Waals surface area contributed by atoms with Crippen LogP contribution in [0.25, 0.3) is 0 Å². The van der Waals surface area contributed by atoms with Crippen LogP contribution in [0.5, 0.6) is 0 Å². The lowest BCUT2D eigenvalue weighted by Gasteiger charge is -2.20. The SMILES string of the molecule is O=C(O)CCCC(=O)NC(=O)NC1CCCCCCC1. The van der Waals surface area contributed by atoms with Crippen molar-refractivity contribution in [1.82, 2.24) is 10.6 Å². The van der Waals surface area contributed by atoms with Crippen LogP contribution in [0.15, 0.2) is 0 Å². The van der Waals surface area contributed by atoms with Crippen molar-refractivity contribution in [2.24, 2.45) is 0 Å². The molecule has 0 atom stereocenters. The minimum absolute atomic E-state index is 0.0579. The van der Waals surface area contributed by atoms with E-state index in [2.05, 4.69) is 10.6 Å². The summed E-state index contributed by atoms with van der Waals surface area (Å²) in [4.78, 5) is 33.4. The van der Waals surface area contributed by atoms with Crippen molar-refractivity contribution >= 4 is 17.9 Å². The smallest absolute Gasteiger partial charge is 0.321 e. The highest BCUT2D eigenvalue weighted by molar-refractivity contribution is 5.94. The molecule has 0 unspecified atom stereocenters. The molecule has 20 heavy (non-hydrogen) atoms. The standard InChI is InChI=1S/C14H24N2O4/c17-12(9-6-10-13(18)19)16-14(20)15-11-7-4-2-1-3-5-8-11/h11H,1-10H2,(H,18,19)(H2,15,16,17,20). The Morgan fingerprint density at radius 2 is 1.55 bits per heavy atom. The van der Waals surface area contributed by atoms with Gasteiger partial charge in [-0.05, 0) is 19.3 Å². The zero-order valence-electron chi connectivity index (χ0n) is 11.8. The molecule has 0 radical (unpaired) electrons. The van der Waals surface area contributed by atoms with Gasteiger partial charge in [0.1, 0.15) is 0 Å². The predicted octanol–water partition coefficient (Wildman–Crippen LogP) is 2.18. The fraction of sp³-hybridized carbons (Fsp3) is 0.786. The van der Waals surface area contributed by atoms with Crippen LogP contribution >= 0.6 is 0 Å². The Balaban J connectivity index is 2.20. The van der Waals surface area contributed by atoms with Gasteiger partial charge in [-0.3, -0.25) is 14.9 Å². The molecule has 6 heteroatoms. The van der Waals surface area contributed by atoms with Crippen LogP contribution in [0.4, 0.5) is 4.79 Å². The number of carboxylic acids is 1. The highest BCUT2D eigenvalue weighted by atomic mass is 16.4. The monoisotopic (exact) mass is 284 g/mol. The summed E-state index contributed by atoms with van der Waals surface area (Å²) in [6.45, 7) is 0. The van der Waals surface area contributed by atoms with Gasteiger partial charge in [-0.15, -0.1) is 0 Å². The van der Waals surface area contributed by atoms with Crippen LogP contribution in [-0.4, -0.2) is 29.1 Å². The average Bonchev–Trinajstić information content (AvgIpc) is 2.31. The topological polar surface area (TPSA) is 95.5 Å². The van der Waals surface area contributed by atoms with Crippen LogP contribution in [0.1, 0.15) is 64.2 Å². The third-order valence-corrected chi connectivity index (χ3v) is 3.49. The molecule has 3 N–H and O–H groups in total. The zero-order chi connectivity index (χ0) is 14.8. The molecule has 0 heterocycles. The molecule has 0 aliphatic heterocycles. The molecule has 6 nitrogen and oxygen atoms in total. The third kappa shape index (κ3) is 7.76. The Hall–Kier alpha value is -1.59. The minimum atomic E-state index is -0.934. The van der Waals surface area contributed by atoms with E-state index in [0.29, 0.717) is 0 Å². The van der Waals surface area contributed by atoms with Gasteiger partial charge >= 0.3 is 12.0 Å². The van der Waals surface area contributed by atoms with Gasteiger partial charge in [0.05, 0.1) is 0 Å². The summed E-state index contributed by atoms with van der Waals surface area (Å²) in [6, 6.07) is -0.321. The van der Waals surface area contributed by atoms with Crippen molar-refractivity contribution < 1.29 is 19.5 Å². The number of urea groups is 1. The number of carbonyl (C=O) groups is 3. The second kappa shape index (κ2) is 9.34. The highest BCUT2D eigenvalue weighted by Crippen LogP contribution is 2.16. The molecule has 0 aromatic carbocycles. The van der Waals surface area contributed by atoms with Crippen LogP contribution < -0.4 is 10.6 Å². The maximum Gasteiger partial charge on any atom is 0.321 e. The van der Waals surface area contributed by atoms with E-state index in [1.807, 2.05) is 0 Å². The first-order valence-electron chi connectivity index (χ1n) is 7.40. The summed E-state index contributed by atoms with van der Waals surface area (Å²) >= 11 is 0. The Labute approximate surface area is 119 Å². The lowest BCUT2D eigenvalue weighted by atomic mass is 9.97. The van der Waals surface area contributed by atoms with E-state index in [9.17, 15) is 14.4 Å². The van der Waals surface area contributed by atoms with Crippen molar-refractivity contribution in [3.63, 3.8) is 0 Å². The molecule has 1 rings (SSSR count). The van der Waals surface area contributed by atoms with Gasteiger partial charge < -0.3 is 10.4 Å². The molecule has 1 aliphatic carbocycles. The first kappa shape index (κ1) is 16.5. The molecular formula is C14H24N2O4. The van der Waals surface area contributed by atoms with Gasteiger partial charge in [-0.25, -0.2) is 4.79 Å². The van der Waals surface area contributed by atoms with Crippen LogP contribution in [0.3, 0.4) is 0 Å². The lowest BCUT2D eigenvalue weighted by molar-refractivity contribution is -0.137.